The number of carbonyl (C=O) groups is 3. The molecular weight excluding hydrogens is 605 g/mol. The Morgan fingerprint density at radius 3 is 2.40 bits per heavy atom. The van der Waals surface area contributed by atoms with Crippen molar-refractivity contribution >= 4 is 51.9 Å². The zero-order chi connectivity index (χ0) is 32.8. The Hall–Kier alpha value is -1.74. The molecule has 0 unspecified atom stereocenters. The van der Waals surface area contributed by atoms with Crippen LogP contribution >= 0.6 is 24.0 Å². The van der Waals surface area contributed by atoms with Crippen molar-refractivity contribution < 1.29 is 24.0 Å². The molecule has 9 heteroatoms. The van der Waals surface area contributed by atoms with E-state index in [4.69, 9.17) is 21.8 Å². The second-order valence-corrected chi connectivity index (χ2v) is 18.7. The number of ether oxygens (including phenoxy) is 1. The Morgan fingerprint density at radius 2 is 1.73 bits per heavy atom. The quantitative estimate of drug-likeness (QED) is 0.101. The summed E-state index contributed by atoms with van der Waals surface area (Å²) in [4.78, 5) is 45.0. The van der Waals surface area contributed by atoms with Crippen LogP contribution in [0.1, 0.15) is 113 Å². The largest absolute Gasteiger partial charge is 0.469 e. The van der Waals surface area contributed by atoms with Gasteiger partial charge in [0.05, 0.1) is 24.0 Å². The molecule has 1 saturated heterocycles. The monoisotopic (exact) mass is 656 g/mol. The Kier molecular flexibility index (Phi) is 8.03. The summed E-state index contributed by atoms with van der Waals surface area (Å²) in [6, 6.07) is 0. The van der Waals surface area contributed by atoms with Gasteiger partial charge in [-0.3, -0.25) is 14.5 Å². The molecule has 0 radical (unpaired) electrons. The van der Waals surface area contributed by atoms with Crippen LogP contribution in [-0.2, 0) is 24.0 Å². The van der Waals surface area contributed by atoms with E-state index in [0.29, 0.717) is 16.2 Å². The first kappa shape index (κ1) is 33.2. The summed E-state index contributed by atoms with van der Waals surface area (Å²) in [5, 5.41) is 4.47. The molecule has 0 aromatic carbocycles. The summed E-state index contributed by atoms with van der Waals surface area (Å²) in [5.41, 5.74) is 2.36. The standard InChI is InChI=1S/C36H52N2O5S2/c1-31(2)15-17-36(29(41)42-8)18-16-34(6)22(23(36)19-31)9-10-25-33(5)13-12-26(32(3,4)24(33)11-14-35(25,34)7)37-43-28(40)20-38-27(39)21-45-30(38)44/h9,23-25H,10-21H2,1-8H3/b37-26-/t23-,24-,25+,33-,34+,35+,36-/m0/s1. The number of nitrogens with zero attached hydrogens (tertiary/aromatic N) is 2. The maximum Gasteiger partial charge on any atom is 0.354 e. The molecule has 6 aliphatic rings. The van der Waals surface area contributed by atoms with E-state index in [0.717, 1.165) is 69.9 Å². The number of carbonyl (C=O) groups excluding carboxylic acids is 3. The maximum absolute atomic E-state index is 13.5. The Bertz CT molecular complexity index is 1370. The number of thiocarbonyl (C=S) groups is 1. The van der Waals surface area contributed by atoms with E-state index >= 15 is 0 Å². The fourth-order valence-corrected chi connectivity index (χ4v) is 12.7. The second-order valence-electron chi connectivity index (χ2n) is 17.1. The van der Waals surface area contributed by atoms with Crippen LogP contribution in [0.3, 0.4) is 0 Å². The van der Waals surface area contributed by atoms with Crippen LogP contribution in [0, 0.1) is 50.2 Å². The summed E-state index contributed by atoms with van der Waals surface area (Å²) >= 11 is 6.49. The number of amides is 1. The van der Waals surface area contributed by atoms with Crippen molar-refractivity contribution in [3.8, 4) is 0 Å². The van der Waals surface area contributed by atoms with Crippen LogP contribution in [0.25, 0.3) is 0 Å². The highest BCUT2D eigenvalue weighted by atomic mass is 32.2. The van der Waals surface area contributed by atoms with E-state index in [1.165, 1.54) is 16.7 Å². The SMILES string of the molecule is COC(=O)[C@]12CCC(C)(C)C[C@H]1C1=CC[C@@H]3[C@@]4(C)CC/C(=N/OC(=O)CN5C(=O)CSC5=S)C(C)(C)[C@@H]4CC[C@@]3(C)[C@]1(C)CC2. The first-order valence-electron chi connectivity index (χ1n) is 17.0. The fourth-order valence-electron chi connectivity index (χ4n) is 11.6. The van der Waals surface area contributed by atoms with Crippen LogP contribution < -0.4 is 0 Å². The minimum atomic E-state index is -0.551. The van der Waals surface area contributed by atoms with Gasteiger partial charge in [0.15, 0.2) is 0 Å². The second kappa shape index (κ2) is 10.9. The molecule has 248 valence electrons. The van der Waals surface area contributed by atoms with Crippen molar-refractivity contribution in [1.82, 2.24) is 4.90 Å². The predicted octanol–water partition coefficient (Wildman–Crippen LogP) is 7.72. The van der Waals surface area contributed by atoms with Crippen molar-refractivity contribution in [2.45, 2.75) is 113 Å². The molecule has 1 amide bonds. The number of fused-ring (bicyclic) bond motifs is 7. The molecule has 0 N–H and O–H groups in total. The van der Waals surface area contributed by atoms with Crippen LogP contribution in [-0.4, -0.2) is 52.2 Å². The van der Waals surface area contributed by atoms with Gasteiger partial charge in [-0.25, -0.2) is 4.79 Å². The minimum absolute atomic E-state index is 0.00377. The van der Waals surface area contributed by atoms with Crippen molar-refractivity contribution in [2.75, 3.05) is 19.4 Å². The van der Waals surface area contributed by atoms with Gasteiger partial charge in [0.2, 0.25) is 5.91 Å². The van der Waals surface area contributed by atoms with Crippen LogP contribution in [0.15, 0.2) is 16.8 Å². The first-order valence-corrected chi connectivity index (χ1v) is 18.4. The number of rotatable bonds is 4. The highest BCUT2D eigenvalue weighted by Crippen LogP contribution is 2.75. The number of oxime groups is 1. The zero-order valence-corrected chi connectivity index (χ0v) is 30.2. The molecule has 4 saturated carbocycles. The molecular formula is C36H52N2O5S2. The van der Waals surface area contributed by atoms with Gasteiger partial charge in [-0.2, -0.15) is 0 Å². The van der Waals surface area contributed by atoms with Crippen molar-refractivity contribution in [3.05, 3.63) is 11.6 Å². The molecule has 6 rings (SSSR count). The van der Waals surface area contributed by atoms with E-state index in [1.54, 1.807) is 12.7 Å². The lowest BCUT2D eigenvalue weighted by Gasteiger charge is -2.70. The lowest BCUT2D eigenvalue weighted by molar-refractivity contribution is -0.181. The molecule has 1 aliphatic heterocycles. The molecule has 7 atom stereocenters. The summed E-state index contributed by atoms with van der Waals surface area (Å²) in [6.45, 7) is 16.8. The topological polar surface area (TPSA) is 85.3 Å². The summed E-state index contributed by atoms with van der Waals surface area (Å²) in [5.74, 6) is 0.735. The average Bonchev–Trinajstić information content (AvgIpc) is 3.28. The molecule has 0 aromatic rings. The highest BCUT2D eigenvalue weighted by molar-refractivity contribution is 8.23. The van der Waals surface area contributed by atoms with Gasteiger partial charge in [-0.15, -0.1) is 0 Å². The third-order valence-electron chi connectivity index (χ3n) is 14.4. The molecule has 45 heavy (non-hydrogen) atoms. The Balaban J connectivity index is 1.27. The van der Waals surface area contributed by atoms with E-state index in [1.807, 2.05) is 0 Å². The highest BCUT2D eigenvalue weighted by Gasteiger charge is 2.69. The number of methoxy groups -OCH3 is 1. The van der Waals surface area contributed by atoms with Crippen LogP contribution in [0.4, 0.5) is 0 Å². The van der Waals surface area contributed by atoms with Crippen LogP contribution in [0.5, 0.6) is 0 Å². The van der Waals surface area contributed by atoms with Crippen molar-refractivity contribution in [2.24, 2.45) is 55.4 Å². The normalized spacial score (nSPS) is 42.6. The minimum Gasteiger partial charge on any atom is -0.469 e. The Labute approximate surface area is 279 Å². The fraction of sp³-hybridized carbons (Fsp3) is 0.806. The van der Waals surface area contributed by atoms with E-state index in [2.05, 4.69) is 59.7 Å². The van der Waals surface area contributed by atoms with Crippen LogP contribution in [0.2, 0.25) is 0 Å². The lowest BCUT2D eigenvalue weighted by atomic mass is 9.33. The van der Waals surface area contributed by atoms with Gasteiger partial charge in [0.25, 0.3) is 0 Å². The maximum atomic E-state index is 13.5. The summed E-state index contributed by atoms with van der Waals surface area (Å²) in [7, 11) is 1.57. The van der Waals surface area contributed by atoms with E-state index < -0.39 is 5.97 Å². The molecule has 5 fully saturated rings. The molecule has 1 heterocycles. The van der Waals surface area contributed by atoms with Gasteiger partial charge in [0.1, 0.15) is 10.9 Å². The molecule has 5 aliphatic carbocycles. The van der Waals surface area contributed by atoms with Gasteiger partial charge in [0, 0.05) is 5.41 Å². The third-order valence-corrected chi connectivity index (χ3v) is 15.8. The summed E-state index contributed by atoms with van der Waals surface area (Å²) < 4.78 is 5.95. The molecule has 0 aromatic heterocycles. The number of esters is 1. The Morgan fingerprint density at radius 1 is 1.02 bits per heavy atom. The van der Waals surface area contributed by atoms with Gasteiger partial charge >= 0.3 is 11.9 Å². The summed E-state index contributed by atoms with van der Waals surface area (Å²) in [6.07, 6.45) is 12.6. The zero-order valence-electron chi connectivity index (χ0n) is 28.5. The number of hydrogen-bond acceptors (Lipinski definition) is 8. The number of thioether (sulfide) groups is 1. The smallest absolute Gasteiger partial charge is 0.354 e. The lowest BCUT2D eigenvalue weighted by Crippen LogP contribution is -2.64. The van der Waals surface area contributed by atoms with Crippen molar-refractivity contribution in [1.29, 1.82) is 0 Å². The van der Waals surface area contributed by atoms with Gasteiger partial charge in [-0.05, 0) is 104 Å². The third kappa shape index (κ3) is 4.82. The molecule has 0 bridgehead atoms. The van der Waals surface area contributed by atoms with Gasteiger partial charge in [-0.1, -0.05) is 89.3 Å². The van der Waals surface area contributed by atoms with E-state index in [9.17, 15) is 14.4 Å². The predicted molar refractivity (Wildman–Crippen MR) is 181 cm³/mol. The average molecular weight is 657 g/mol. The van der Waals surface area contributed by atoms with Crippen molar-refractivity contribution in [3.63, 3.8) is 0 Å². The number of hydrogen-bond donors (Lipinski definition) is 0. The first-order chi connectivity index (χ1) is 20.9. The number of allylic oxidation sites excluding steroid dienone is 2. The molecule has 7 nitrogen and oxygen atoms in total. The molecule has 0 spiro atoms. The van der Waals surface area contributed by atoms with E-state index in [-0.39, 0.29) is 62.6 Å². The van der Waals surface area contributed by atoms with Gasteiger partial charge < -0.3 is 9.57 Å².